The quantitative estimate of drug-likeness (QED) is 0.827. The van der Waals surface area contributed by atoms with E-state index in [0.29, 0.717) is 6.04 Å². The first-order chi connectivity index (χ1) is 11.9. The number of rotatable bonds is 4. The molecule has 2 aromatic carbocycles. The van der Waals surface area contributed by atoms with Gasteiger partial charge in [0.15, 0.2) is 0 Å². The van der Waals surface area contributed by atoms with Crippen molar-refractivity contribution in [3.05, 3.63) is 71.8 Å². The Morgan fingerprint density at radius 1 is 0.667 bits per heavy atom. The zero-order valence-corrected chi connectivity index (χ0v) is 14.5. The van der Waals surface area contributed by atoms with Gasteiger partial charge in [-0.15, -0.1) is 0 Å². The second kappa shape index (κ2) is 7.50. The molecule has 2 heterocycles. The van der Waals surface area contributed by atoms with Gasteiger partial charge < -0.3 is 4.90 Å². The fraction of sp³-hybridized carbons (Fsp3) is 0.455. The molecule has 0 amide bonds. The van der Waals surface area contributed by atoms with Gasteiger partial charge in [0, 0.05) is 19.1 Å². The van der Waals surface area contributed by atoms with E-state index in [-0.39, 0.29) is 0 Å². The highest BCUT2D eigenvalue weighted by molar-refractivity contribution is 5.31. The molecule has 2 heteroatoms. The third-order valence-corrected chi connectivity index (χ3v) is 5.75. The lowest BCUT2D eigenvalue weighted by Crippen LogP contribution is -2.45. The molecule has 0 unspecified atom stereocenters. The normalized spacial score (nSPS) is 20.7. The number of piperidine rings is 1. The predicted molar refractivity (Wildman–Crippen MR) is 100 cm³/mol. The van der Waals surface area contributed by atoms with Gasteiger partial charge in [0.1, 0.15) is 0 Å². The van der Waals surface area contributed by atoms with E-state index in [4.69, 9.17) is 0 Å². The Morgan fingerprint density at radius 3 is 1.67 bits per heavy atom. The molecule has 126 valence electrons. The van der Waals surface area contributed by atoms with Gasteiger partial charge in [0.05, 0.1) is 6.04 Å². The first-order valence-electron chi connectivity index (χ1n) is 9.50. The zero-order chi connectivity index (χ0) is 16.2. The summed E-state index contributed by atoms with van der Waals surface area (Å²) in [4.78, 5) is 5.43. The minimum absolute atomic E-state index is 0.395. The van der Waals surface area contributed by atoms with Gasteiger partial charge in [0.2, 0.25) is 0 Å². The first-order valence-corrected chi connectivity index (χ1v) is 9.50. The molecule has 0 bridgehead atoms. The van der Waals surface area contributed by atoms with Crippen LogP contribution in [0.4, 0.5) is 0 Å². The van der Waals surface area contributed by atoms with Gasteiger partial charge in [-0.05, 0) is 49.9 Å². The number of nitrogens with zero attached hydrogens (tertiary/aromatic N) is 2. The summed E-state index contributed by atoms with van der Waals surface area (Å²) in [6.45, 7) is 5.06. The van der Waals surface area contributed by atoms with Crippen LogP contribution in [0, 0.1) is 0 Å². The van der Waals surface area contributed by atoms with E-state index in [1.165, 1.54) is 63.0 Å². The molecule has 2 aliphatic rings. The molecule has 4 rings (SSSR count). The number of hydrogen-bond donors (Lipinski definition) is 0. The van der Waals surface area contributed by atoms with Gasteiger partial charge in [-0.1, -0.05) is 60.7 Å². The molecule has 0 aliphatic carbocycles. The third kappa shape index (κ3) is 3.40. The average molecular weight is 320 g/mol. The van der Waals surface area contributed by atoms with Gasteiger partial charge in [-0.3, -0.25) is 4.90 Å². The van der Waals surface area contributed by atoms with E-state index in [1.54, 1.807) is 0 Å². The van der Waals surface area contributed by atoms with E-state index in [0.717, 1.165) is 6.04 Å². The fourth-order valence-electron chi connectivity index (χ4n) is 4.50. The van der Waals surface area contributed by atoms with Crippen molar-refractivity contribution in [2.75, 3.05) is 26.2 Å². The van der Waals surface area contributed by atoms with Crippen molar-refractivity contribution in [1.82, 2.24) is 9.80 Å². The summed E-state index contributed by atoms with van der Waals surface area (Å²) in [5.41, 5.74) is 2.84. The molecule has 0 aromatic heterocycles. The van der Waals surface area contributed by atoms with Crippen molar-refractivity contribution in [3.63, 3.8) is 0 Å². The SMILES string of the molecule is c1ccc(C(c2ccccc2)N2CCC(N3CCCC3)CC2)cc1. The highest BCUT2D eigenvalue weighted by Crippen LogP contribution is 2.32. The lowest BCUT2D eigenvalue weighted by Gasteiger charge is -2.40. The highest BCUT2D eigenvalue weighted by atomic mass is 15.2. The summed E-state index contributed by atoms with van der Waals surface area (Å²) in [5, 5.41) is 0. The Balaban J connectivity index is 1.52. The molecule has 2 nitrogen and oxygen atoms in total. The fourth-order valence-corrected chi connectivity index (χ4v) is 4.50. The Kier molecular flexibility index (Phi) is 4.96. The molecule has 2 fully saturated rings. The van der Waals surface area contributed by atoms with Crippen LogP contribution in [0.3, 0.4) is 0 Å². The monoisotopic (exact) mass is 320 g/mol. The van der Waals surface area contributed by atoms with Crippen LogP contribution in [0.5, 0.6) is 0 Å². The maximum Gasteiger partial charge on any atom is 0.0601 e. The van der Waals surface area contributed by atoms with Crippen LogP contribution in [0.25, 0.3) is 0 Å². The van der Waals surface area contributed by atoms with Gasteiger partial charge in [-0.2, -0.15) is 0 Å². The van der Waals surface area contributed by atoms with Crippen molar-refractivity contribution in [3.8, 4) is 0 Å². The Morgan fingerprint density at radius 2 is 1.17 bits per heavy atom. The van der Waals surface area contributed by atoms with E-state index < -0.39 is 0 Å². The van der Waals surface area contributed by atoms with Crippen molar-refractivity contribution >= 4 is 0 Å². The summed E-state index contributed by atoms with van der Waals surface area (Å²) in [6, 6.07) is 23.2. The van der Waals surface area contributed by atoms with Gasteiger partial charge in [-0.25, -0.2) is 0 Å². The second-order valence-electron chi connectivity index (χ2n) is 7.23. The minimum atomic E-state index is 0.395. The molecule has 0 N–H and O–H groups in total. The maximum absolute atomic E-state index is 2.73. The number of hydrogen-bond acceptors (Lipinski definition) is 2. The number of likely N-dealkylation sites (tertiary alicyclic amines) is 2. The Labute approximate surface area is 146 Å². The van der Waals surface area contributed by atoms with Crippen molar-refractivity contribution in [2.45, 2.75) is 37.8 Å². The Bertz CT molecular complexity index is 571. The molecule has 2 aliphatic heterocycles. The highest BCUT2D eigenvalue weighted by Gasteiger charge is 2.30. The van der Waals surface area contributed by atoms with Gasteiger partial charge >= 0.3 is 0 Å². The molecule has 24 heavy (non-hydrogen) atoms. The molecule has 0 atom stereocenters. The lowest BCUT2D eigenvalue weighted by atomic mass is 9.93. The lowest BCUT2D eigenvalue weighted by molar-refractivity contribution is 0.108. The molecule has 2 aromatic rings. The molecule has 0 saturated carbocycles. The van der Waals surface area contributed by atoms with Crippen LogP contribution < -0.4 is 0 Å². The maximum atomic E-state index is 2.73. The van der Waals surface area contributed by atoms with Crippen molar-refractivity contribution in [2.24, 2.45) is 0 Å². The molecule has 2 saturated heterocycles. The zero-order valence-electron chi connectivity index (χ0n) is 14.5. The van der Waals surface area contributed by atoms with E-state index in [2.05, 4.69) is 70.5 Å². The summed E-state index contributed by atoms with van der Waals surface area (Å²) >= 11 is 0. The van der Waals surface area contributed by atoms with Crippen LogP contribution in [-0.2, 0) is 0 Å². The minimum Gasteiger partial charge on any atom is -0.300 e. The van der Waals surface area contributed by atoms with Gasteiger partial charge in [0.25, 0.3) is 0 Å². The van der Waals surface area contributed by atoms with E-state index >= 15 is 0 Å². The van der Waals surface area contributed by atoms with E-state index in [9.17, 15) is 0 Å². The van der Waals surface area contributed by atoms with Crippen molar-refractivity contribution < 1.29 is 0 Å². The molecular formula is C22H28N2. The van der Waals surface area contributed by atoms with Crippen LogP contribution in [0.2, 0.25) is 0 Å². The molecular weight excluding hydrogens is 292 g/mol. The molecule has 0 spiro atoms. The average Bonchev–Trinajstić information content (AvgIpc) is 3.19. The largest absolute Gasteiger partial charge is 0.300 e. The van der Waals surface area contributed by atoms with Crippen LogP contribution in [0.15, 0.2) is 60.7 Å². The second-order valence-corrected chi connectivity index (χ2v) is 7.23. The number of benzene rings is 2. The Hall–Kier alpha value is -1.64. The molecule has 0 radical (unpaired) electrons. The third-order valence-electron chi connectivity index (χ3n) is 5.75. The summed E-state index contributed by atoms with van der Waals surface area (Å²) < 4.78 is 0. The summed E-state index contributed by atoms with van der Waals surface area (Å²) in [7, 11) is 0. The summed E-state index contributed by atoms with van der Waals surface area (Å²) in [5.74, 6) is 0. The van der Waals surface area contributed by atoms with Crippen LogP contribution in [-0.4, -0.2) is 42.0 Å². The van der Waals surface area contributed by atoms with Crippen LogP contribution >= 0.6 is 0 Å². The van der Waals surface area contributed by atoms with Crippen molar-refractivity contribution in [1.29, 1.82) is 0 Å². The first kappa shape index (κ1) is 15.9. The summed E-state index contributed by atoms with van der Waals surface area (Å²) in [6.07, 6.45) is 5.43. The predicted octanol–water partition coefficient (Wildman–Crippen LogP) is 4.34. The standard InChI is InChI=1S/C22H28N2/c1-3-9-19(10-4-1)22(20-11-5-2-6-12-20)24-17-13-21(14-18-24)23-15-7-8-16-23/h1-6,9-12,21-22H,7-8,13-18H2. The van der Waals surface area contributed by atoms with E-state index in [1.807, 2.05) is 0 Å². The topological polar surface area (TPSA) is 6.48 Å². The smallest absolute Gasteiger partial charge is 0.0601 e. The van der Waals surface area contributed by atoms with Crippen LogP contribution in [0.1, 0.15) is 42.9 Å².